The van der Waals surface area contributed by atoms with Gasteiger partial charge in [0.25, 0.3) is 0 Å². The molecule has 1 aromatic rings. The van der Waals surface area contributed by atoms with Gasteiger partial charge in [0.15, 0.2) is 0 Å². The van der Waals surface area contributed by atoms with Crippen LogP contribution in [0.1, 0.15) is 24.1 Å². The van der Waals surface area contributed by atoms with Crippen molar-refractivity contribution in [1.29, 1.82) is 5.41 Å². The molecule has 0 unspecified atom stereocenters. The summed E-state index contributed by atoms with van der Waals surface area (Å²) >= 11 is 5.21. The van der Waals surface area contributed by atoms with Crippen molar-refractivity contribution >= 4 is 33.1 Å². The molecule has 1 N–H and O–H groups in total. The highest BCUT2D eigenvalue weighted by Crippen LogP contribution is 2.22. The Bertz CT molecular complexity index is 335. The number of likely N-dealkylation sites (tertiary alicyclic amines) is 1. The first-order valence-electron chi connectivity index (χ1n) is 4.81. The van der Waals surface area contributed by atoms with E-state index >= 15 is 0 Å². The molecular weight excluding hydrogens is 260 g/mol. The van der Waals surface area contributed by atoms with E-state index in [9.17, 15) is 0 Å². The molecule has 0 radical (unpaired) electrons. The monoisotopic (exact) mass is 272 g/mol. The molecule has 2 heterocycles. The van der Waals surface area contributed by atoms with Gasteiger partial charge in [-0.25, -0.2) is 0 Å². The Labute approximate surface area is 96.6 Å². The lowest BCUT2D eigenvalue weighted by Gasteiger charge is -2.28. The van der Waals surface area contributed by atoms with Crippen molar-refractivity contribution in [3.05, 3.63) is 20.8 Å². The Balaban J connectivity index is 1.99. The van der Waals surface area contributed by atoms with Crippen LogP contribution in [0.25, 0.3) is 0 Å². The molecule has 2 rings (SSSR count). The van der Waals surface area contributed by atoms with E-state index in [4.69, 9.17) is 5.41 Å². The summed E-state index contributed by atoms with van der Waals surface area (Å²) in [7, 11) is 0. The zero-order valence-corrected chi connectivity index (χ0v) is 10.3. The van der Waals surface area contributed by atoms with Crippen molar-refractivity contribution in [2.45, 2.75) is 25.8 Å². The maximum Gasteiger partial charge on any atom is 0.0960 e. The molecule has 4 heteroatoms. The second-order valence-corrected chi connectivity index (χ2v) is 5.47. The predicted octanol–water partition coefficient (Wildman–Crippen LogP) is 3.47. The summed E-state index contributed by atoms with van der Waals surface area (Å²) in [5, 5.41) is 9.92. The zero-order chi connectivity index (χ0) is 9.97. The zero-order valence-electron chi connectivity index (χ0n) is 7.92. The summed E-state index contributed by atoms with van der Waals surface area (Å²) < 4.78 is 1.15. The first-order chi connectivity index (χ1) is 6.75. The SMILES string of the molecule is N=C1CCCCN1Cc1cc(Br)cs1. The van der Waals surface area contributed by atoms with Gasteiger partial charge in [0.2, 0.25) is 0 Å². The lowest BCUT2D eigenvalue weighted by Crippen LogP contribution is -2.33. The molecule has 1 fully saturated rings. The number of rotatable bonds is 2. The molecule has 0 amide bonds. The molecule has 1 saturated heterocycles. The van der Waals surface area contributed by atoms with Gasteiger partial charge in [-0.15, -0.1) is 11.3 Å². The summed E-state index contributed by atoms with van der Waals surface area (Å²) in [5.41, 5.74) is 0. The molecule has 0 bridgehead atoms. The second kappa shape index (κ2) is 4.45. The smallest absolute Gasteiger partial charge is 0.0960 e. The molecule has 76 valence electrons. The van der Waals surface area contributed by atoms with E-state index in [1.54, 1.807) is 11.3 Å². The summed E-state index contributed by atoms with van der Waals surface area (Å²) in [5.74, 6) is 0.806. The fraction of sp³-hybridized carbons (Fsp3) is 0.500. The molecule has 1 aliphatic heterocycles. The Morgan fingerprint density at radius 1 is 1.50 bits per heavy atom. The summed E-state index contributed by atoms with van der Waals surface area (Å²) in [4.78, 5) is 3.52. The van der Waals surface area contributed by atoms with E-state index in [-0.39, 0.29) is 0 Å². The van der Waals surface area contributed by atoms with Crippen LogP contribution in [0.5, 0.6) is 0 Å². The molecule has 1 aliphatic rings. The quantitative estimate of drug-likeness (QED) is 0.877. The highest BCUT2D eigenvalue weighted by molar-refractivity contribution is 9.10. The number of halogens is 1. The molecule has 2 nitrogen and oxygen atoms in total. The van der Waals surface area contributed by atoms with Crippen molar-refractivity contribution in [2.75, 3.05) is 6.54 Å². The lowest BCUT2D eigenvalue weighted by atomic mass is 10.1. The minimum absolute atomic E-state index is 0.806. The van der Waals surface area contributed by atoms with E-state index in [0.29, 0.717) is 0 Å². The number of nitrogens with one attached hydrogen (secondary N) is 1. The molecule has 0 saturated carbocycles. The van der Waals surface area contributed by atoms with Gasteiger partial charge >= 0.3 is 0 Å². The first-order valence-corrected chi connectivity index (χ1v) is 6.48. The van der Waals surface area contributed by atoms with Gasteiger partial charge in [-0.05, 0) is 34.8 Å². The molecule has 0 aliphatic carbocycles. The standard InChI is InChI=1S/C10H13BrN2S/c11-8-5-9(14-7-8)6-13-4-2-1-3-10(13)12/h5,7,12H,1-4,6H2. The Morgan fingerprint density at radius 3 is 3.00 bits per heavy atom. The predicted molar refractivity (Wildman–Crippen MR) is 64.0 cm³/mol. The largest absolute Gasteiger partial charge is 0.355 e. The maximum absolute atomic E-state index is 7.82. The van der Waals surface area contributed by atoms with E-state index in [0.717, 1.165) is 29.8 Å². The summed E-state index contributed by atoms with van der Waals surface area (Å²) in [6.45, 7) is 1.96. The Hall–Kier alpha value is -0.350. The molecule has 1 aromatic heterocycles. The number of piperidine rings is 1. The van der Waals surface area contributed by atoms with Gasteiger partial charge in [-0.1, -0.05) is 0 Å². The fourth-order valence-corrected chi connectivity index (χ4v) is 3.15. The Morgan fingerprint density at radius 2 is 2.36 bits per heavy atom. The summed E-state index contributed by atoms with van der Waals surface area (Å²) in [6.07, 6.45) is 3.37. The topological polar surface area (TPSA) is 27.1 Å². The number of amidine groups is 1. The van der Waals surface area contributed by atoms with Crippen LogP contribution in [0, 0.1) is 5.41 Å². The molecule has 14 heavy (non-hydrogen) atoms. The van der Waals surface area contributed by atoms with E-state index in [1.807, 2.05) is 0 Å². The fourth-order valence-electron chi connectivity index (χ4n) is 1.69. The number of hydrogen-bond donors (Lipinski definition) is 1. The third-order valence-electron chi connectivity index (χ3n) is 2.44. The summed E-state index contributed by atoms with van der Waals surface area (Å²) in [6, 6.07) is 2.15. The van der Waals surface area contributed by atoms with Crippen molar-refractivity contribution in [1.82, 2.24) is 4.90 Å². The van der Waals surface area contributed by atoms with Crippen LogP contribution in [-0.2, 0) is 6.54 Å². The molecular formula is C10H13BrN2S. The van der Waals surface area contributed by atoms with Crippen LogP contribution in [-0.4, -0.2) is 17.3 Å². The minimum atomic E-state index is 0.806. The van der Waals surface area contributed by atoms with Crippen LogP contribution in [0.2, 0.25) is 0 Å². The average molecular weight is 273 g/mol. The van der Waals surface area contributed by atoms with E-state index in [1.165, 1.54) is 17.7 Å². The van der Waals surface area contributed by atoms with E-state index < -0.39 is 0 Å². The van der Waals surface area contributed by atoms with Crippen LogP contribution in [0.15, 0.2) is 15.9 Å². The Kier molecular flexibility index (Phi) is 3.23. The minimum Gasteiger partial charge on any atom is -0.355 e. The number of nitrogens with zero attached hydrogens (tertiary/aromatic N) is 1. The highest BCUT2D eigenvalue weighted by Gasteiger charge is 2.15. The molecule has 0 aromatic carbocycles. The normalized spacial score (nSPS) is 17.5. The first kappa shape index (κ1) is 10.2. The third-order valence-corrected chi connectivity index (χ3v) is 4.12. The van der Waals surface area contributed by atoms with Gasteiger partial charge < -0.3 is 4.90 Å². The third kappa shape index (κ3) is 2.36. The van der Waals surface area contributed by atoms with Crippen LogP contribution < -0.4 is 0 Å². The van der Waals surface area contributed by atoms with Crippen LogP contribution in [0.4, 0.5) is 0 Å². The molecule has 0 atom stereocenters. The van der Waals surface area contributed by atoms with Crippen LogP contribution >= 0.6 is 27.3 Å². The van der Waals surface area contributed by atoms with Crippen molar-refractivity contribution in [3.63, 3.8) is 0 Å². The van der Waals surface area contributed by atoms with Gasteiger partial charge in [0.05, 0.1) is 12.4 Å². The second-order valence-electron chi connectivity index (χ2n) is 3.56. The van der Waals surface area contributed by atoms with Crippen molar-refractivity contribution in [3.8, 4) is 0 Å². The van der Waals surface area contributed by atoms with Gasteiger partial charge in [0, 0.05) is 27.7 Å². The van der Waals surface area contributed by atoms with Gasteiger partial charge in [-0.3, -0.25) is 5.41 Å². The average Bonchev–Trinajstić information content (AvgIpc) is 2.56. The van der Waals surface area contributed by atoms with Crippen molar-refractivity contribution < 1.29 is 0 Å². The highest BCUT2D eigenvalue weighted by atomic mass is 79.9. The van der Waals surface area contributed by atoms with Gasteiger partial charge in [-0.2, -0.15) is 0 Å². The van der Waals surface area contributed by atoms with Gasteiger partial charge in [0.1, 0.15) is 0 Å². The van der Waals surface area contributed by atoms with E-state index in [2.05, 4.69) is 32.3 Å². The van der Waals surface area contributed by atoms with Crippen LogP contribution in [0.3, 0.4) is 0 Å². The maximum atomic E-state index is 7.82. The molecule has 0 spiro atoms. The number of hydrogen-bond acceptors (Lipinski definition) is 2. The lowest BCUT2D eigenvalue weighted by molar-refractivity contribution is 0.364. The number of thiophene rings is 1. The van der Waals surface area contributed by atoms with Crippen molar-refractivity contribution in [2.24, 2.45) is 0 Å².